The van der Waals surface area contributed by atoms with Crippen molar-refractivity contribution >= 4 is 16.5 Å². The summed E-state index contributed by atoms with van der Waals surface area (Å²) in [6.45, 7) is 6.09. The Balaban J connectivity index is 1.13. The third-order valence-corrected chi connectivity index (χ3v) is 8.22. The van der Waals surface area contributed by atoms with Crippen LogP contribution in [0.1, 0.15) is 34.7 Å². The van der Waals surface area contributed by atoms with Gasteiger partial charge in [-0.1, -0.05) is 12.1 Å². The molecule has 40 heavy (non-hydrogen) atoms. The Morgan fingerprint density at radius 1 is 1.10 bits per heavy atom. The highest BCUT2D eigenvalue weighted by Gasteiger charge is 2.27. The van der Waals surface area contributed by atoms with Crippen LogP contribution in [0.4, 0.5) is 9.52 Å². The predicted octanol–water partition coefficient (Wildman–Crippen LogP) is 4.35. The minimum atomic E-state index is -0.582. The van der Waals surface area contributed by atoms with Crippen LogP contribution in [0, 0.1) is 5.82 Å². The first-order valence-electron chi connectivity index (χ1n) is 13.2. The van der Waals surface area contributed by atoms with E-state index >= 15 is 0 Å². The van der Waals surface area contributed by atoms with Crippen LogP contribution in [0.25, 0.3) is 0 Å². The van der Waals surface area contributed by atoms with Crippen LogP contribution in [0.3, 0.4) is 0 Å². The van der Waals surface area contributed by atoms with Gasteiger partial charge < -0.3 is 24.5 Å². The van der Waals surface area contributed by atoms with E-state index < -0.39 is 6.23 Å². The number of imidazole rings is 1. The standard InChI is InChI=1S/C29H35FN6O3S/c1-20(21-4-7-23(30)8-5-21)36-19-31-14-24(36)16-34-10-11-35(28(37)18-34)17-26-15-33-29(40-26)32-13-22-6-9-25(38-2)12-27(22)39-3/h4-9,12,14-15,19-20,28,37H,10-11,13,16-18H2,1-3H3,(H,32,33)/t20-,28?/m1/s1. The SMILES string of the molecule is COc1ccc(CNc2ncc(CN3CCN(Cc4cncn4[C@H](C)c4ccc(F)cc4)CC3O)s2)c(OC)c1. The number of aromatic nitrogens is 3. The van der Waals surface area contributed by atoms with Crippen LogP contribution in [0.15, 0.2) is 61.2 Å². The summed E-state index contributed by atoms with van der Waals surface area (Å²) in [5.74, 6) is 1.27. The minimum absolute atomic E-state index is 0.0317. The summed E-state index contributed by atoms with van der Waals surface area (Å²) < 4.78 is 26.2. The van der Waals surface area contributed by atoms with Crippen LogP contribution in [0.5, 0.6) is 11.5 Å². The number of piperazine rings is 1. The van der Waals surface area contributed by atoms with Gasteiger partial charge in [-0.2, -0.15) is 0 Å². The highest BCUT2D eigenvalue weighted by Crippen LogP contribution is 2.27. The van der Waals surface area contributed by atoms with Gasteiger partial charge in [-0.3, -0.25) is 9.80 Å². The number of methoxy groups -OCH3 is 2. The molecule has 2 aromatic carbocycles. The zero-order valence-corrected chi connectivity index (χ0v) is 23.8. The van der Waals surface area contributed by atoms with Gasteiger partial charge in [0.05, 0.1) is 32.3 Å². The van der Waals surface area contributed by atoms with Crippen molar-refractivity contribution in [3.63, 3.8) is 0 Å². The Labute approximate surface area is 237 Å². The van der Waals surface area contributed by atoms with Gasteiger partial charge in [0, 0.05) is 68.2 Å². The number of ether oxygens (including phenoxy) is 2. The number of aliphatic hydroxyl groups is 1. The van der Waals surface area contributed by atoms with Gasteiger partial charge in [-0.15, -0.1) is 11.3 Å². The second-order valence-corrected chi connectivity index (χ2v) is 11.0. The third kappa shape index (κ3) is 6.61. The average molecular weight is 567 g/mol. The molecule has 2 aromatic heterocycles. The maximum absolute atomic E-state index is 13.4. The molecule has 1 saturated heterocycles. The Hall–Kier alpha value is -3.51. The molecular formula is C29H35FN6O3S. The molecule has 2 N–H and O–H groups in total. The Kier molecular flexibility index (Phi) is 8.95. The molecule has 1 fully saturated rings. The number of benzene rings is 2. The number of aliphatic hydroxyl groups excluding tert-OH is 1. The number of anilines is 1. The summed E-state index contributed by atoms with van der Waals surface area (Å²) in [7, 11) is 3.28. The summed E-state index contributed by atoms with van der Waals surface area (Å²) in [6, 6.07) is 12.4. The highest BCUT2D eigenvalue weighted by atomic mass is 32.1. The molecule has 1 aliphatic rings. The van der Waals surface area contributed by atoms with E-state index in [1.165, 1.54) is 12.1 Å². The van der Waals surface area contributed by atoms with E-state index in [2.05, 4.69) is 36.6 Å². The first-order chi connectivity index (χ1) is 19.4. The second kappa shape index (κ2) is 12.8. The van der Waals surface area contributed by atoms with Gasteiger partial charge >= 0.3 is 0 Å². The van der Waals surface area contributed by atoms with Crippen molar-refractivity contribution in [3.8, 4) is 11.5 Å². The number of thiazole rings is 1. The van der Waals surface area contributed by atoms with Crippen LogP contribution in [-0.4, -0.2) is 69.5 Å². The van der Waals surface area contributed by atoms with Crippen molar-refractivity contribution < 1.29 is 19.0 Å². The largest absolute Gasteiger partial charge is 0.497 e. The lowest BCUT2D eigenvalue weighted by molar-refractivity contribution is -0.0626. The van der Waals surface area contributed by atoms with Crippen molar-refractivity contribution in [1.82, 2.24) is 24.3 Å². The van der Waals surface area contributed by atoms with E-state index in [1.54, 1.807) is 25.6 Å². The summed E-state index contributed by atoms with van der Waals surface area (Å²) >= 11 is 1.59. The normalized spacial score (nSPS) is 17.1. The fraction of sp³-hybridized carbons (Fsp3) is 0.379. The van der Waals surface area contributed by atoms with Gasteiger partial charge in [0.25, 0.3) is 0 Å². The first kappa shape index (κ1) is 28.0. The quantitative estimate of drug-likeness (QED) is 0.277. The Bertz CT molecular complexity index is 1390. The number of rotatable bonds is 11. The molecule has 0 radical (unpaired) electrons. The Morgan fingerprint density at radius 3 is 2.67 bits per heavy atom. The molecule has 2 atom stereocenters. The molecule has 5 rings (SSSR count). The summed E-state index contributed by atoms with van der Waals surface area (Å²) in [5.41, 5.74) is 3.09. The molecule has 4 aromatic rings. The fourth-order valence-electron chi connectivity index (χ4n) is 4.95. The van der Waals surface area contributed by atoms with E-state index in [0.717, 1.165) is 51.4 Å². The van der Waals surface area contributed by atoms with Crippen molar-refractivity contribution in [3.05, 3.63) is 88.7 Å². The van der Waals surface area contributed by atoms with Gasteiger partial charge in [-0.25, -0.2) is 14.4 Å². The fourth-order valence-corrected chi connectivity index (χ4v) is 5.78. The summed E-state index contributed by atoms with van der Waals surface area (Å²) in [4.78, 5) is 14.3. The van der Waals surface area contributed by atoms with Crippen LogP contribution in [0.2, 0.25) is 0 Å². The lowest BCUT2D eigenvalue weighted by atomic mass is 10.1. The number of hydrogen-bond acceptors (Lipinski definition) is 9. The summed E-state index contributed by atoms with van der Waals surface area (Å²) in [6.07, 6.45) is 4.97. The van der Waals surface area contributed by atoms with Crippen molar-refractivity contribution in [2.45, 2.75) is 38.8 Å². The molecule has 0 amide bonds. The molecule has 0 aliphatic carbocycles. The lowest BCUT2D eigenvalue weighted by Gasteiger charge is -2.38. The van der Waals surface area contributed by atoms with Crippen molar-refractivity contribution in [2.75, 3.05) is 39.2 Å². The van der Waals surface area contributed by atoms with Gasteiger partial charge in [-0.05, 0) is 36.8 Å². The third-order valence-electron chi connectivity index (χ3n) is 7.28. The first-order valence-corrected chi connectivity index (χ1v) is 14.0. The van der Waals surface area contributed by atoms with Gasteiger partial charge in [0.1, 0.15) is 23.5 Å². The molecule has 0 saturated carbocycles. The minimum Gasteiger partial charge on any atom is -0.497 e. The monoisotopic (exact) mass is 566 g/mol. The maximum Gasteiger partial charge on any atom is 0.183 e. The van der Waals surface area contributed by atoms with E-state index in [9.17, 15) is 9.50 Å². The smallest absolute Gasteiger partial charge is 0.183 e. The molecule has 3 heterocycles. The predicted molar refractivity (Wildman–Crippen MR) is 153 cm³/mol. The molecule has 212 valence electrons. The topological polar surface area (TPSA) is 87.9 Å². The number of halogens is 1. The van der Waals surface area contributed by atoms with Gasteiger partial charge in [0.15, 0.2) is 5.13 Å². The van der Waals surface area contributed by atoms with Crippen molar-refractivity contribution in [2.24, 2.45) is 0 Å². The second-order valence-electron chi connectivity index (χ2n) is 9.87. The number of nitrogens with one attached hydrogen (secondary N) is 1. The zero-order valence-electron chi connectivity index (χ0n) is 23.0. The lowest BCUT2D eigenvalue weighted by Crippen LogP contribution is -2.52. The Morgan fingerprint density at radius 2 is 1.93 bits per heavy atom. The molecule has 11 heteroatoms. The van der Waals surface area contributed by atoms with E-state index in [0.29, 0.717) is 26.2 Å². The van der Waals surface area contributed by atoms with E-state index in [4.69, 9.17) is 9.47 Å². The van der Waals surface area contributed by atoms with Crippen LogP contribution >= 0.6 is 11.3 Å². The van der Waals surface area contributed by atoms with E-state index in [-0.39, 0.29) is 11.9 Å². The molecule has 0 bridgehead atoms. The van der Waals surface area contributed by atoms with Gasteiger partial charge in [0.2, 0.25) is 0 Å². The zero-order chi connectivity index (χ0) is 28.1. The average Bonchev–Trinajstić information content (AvgIpc) is 3.62. The number of β-amino-alcohol motifs (C(OH)–C–C–N with tert-alkyl or cyclic N) is 1. The van der Waals surface area contributed by atoms with Crippen molar-refractivity contribution in [1.29, 1.82) is 0 Å². The molecule has 9 nitrogen and oxygen atoms in total. The summed E-state index contributed by atoms with van der Waals surface area (Å²) in [5, 5.41) is 15.1. The maximum atomic E-state index is 13.4. The highest BCUT2D eigenvalue weighted by molar-refractivity contribution is 7.15. The van der Waals surface area contributed by atoms with Crippen LogP contribution < -0.4 is 14.8 Å². The molecule has 0 spiro atoms. The molecule has 1 unspecified atom stereocenters. The van der Waals surface area contributed by atoms with Crippen LogP contribution in [-0.2, 0) is 19.6 Å². The molecular weight excluding hydrogens is 531 g/mol. The van der Waals surface area contributed by atoms with E-state index in [1.807, 2.05) is 49.1 Å². The number of nitrogens with zero attached hydrogens (tertiary/aromatic N) is 5. The molecule has 1 aliphatic heterocycles. The number of hydrogen-bond donors (Lipinski definition) is 2.